The van der Waals surface area contributed by atoms with Crippen LogP contribution in [0.3, 0.4) is 0 Å². The van der Waals surface area contributed by atoms with Gasteiger partial charge < -0.3 is 10.1 Å². The first kappa shape index (κ1) is 23.8. The summed E-state index contributed by atoms with van der Waals surface area (Å²) >= 11 is 0. The predicted molar refractivity (Wildman–Crippen MR) is 140 cm³/mol. The van der Waals surface area contributed by atoms with E-state index in [9.17, 15) is 10.1 Å². The van der Waals surface area contributed by atoms with Crippen molar-refractivity contribution in [3.05, 3.63) is 130 Å². The lowest BCUT2D eigenvalue weighted by molar-refractivity contribution is -0.112. The van der Waals surface area contributed by atoms with Crippen LogP contribution < -0.4 is 10.1 Å². The summed E-state index contributed by atoms with van der Waals surface area (Å²) in [7, 11) is 0. The van der Waals surface area contributed by atoms with E-state index in [1.54, 1.807) is 6.08 Å². The highest BCUT2D eigenvalue weighted by atomic mass is 16.5. The second-order valence-electron chi connectivity index (χ2n) is 8.80. The number of nitrogens with zero attached hydrogens (tertiary/aromatic N) is 1. The Hall–Kier alpha value is -4.36. The Balaban J connectivity index is 1.49. The highest BCUT2D eigenvalue weighted by Crippen LogP contribution is 2.40. The number of hydrogen-bond acceptors (Lipinski definition) is 3. The van der Waals surface area contributed by atoms with E-state index in [4.69, 9.17) is 4.74 Å². The Morgan fingerprint density at radius 3 is 2.43 bits per heavy atom. The lowest BCUT2D eigenvalue weighted by Gasteiger charge is -2.16. The number of amides is 1. The van der Waals surface area contributed by atoms with Crippen LogP contribution in [0.1, 0.15) is 36.5 Å². The molecule has 1 aliphatic rings. The number of hydrogen-bond donors (Lipinski definition) is 1. The Kier molecular flexibility index (Phi) is 7.28. The number of aryl methyl sites for hydroxylation is 1. The number of rotatable bonds is 7. The lowest BCUT2D eigenvalue weighted by atomic mass is 9.89. The van der Waals surface area contributed by atoms with Crippen molar-refractivity contribution in [1.82, 2.24) is 0 Å². The normalized spacial score (nSPS) is 15.4. The first-order valence-corrected chi connectivity index (χ1v) is 11.6. The molecule has 0 radical (unpaired) electrons. The summed E-state index contributed by atoms with van der Waals surface area (Å²) in [6.07, 6.45) is 3.73. The summed E-state index contributed by atoms with van der Waals surface area (Å²) in [6.45, 7) is 6.61. The molecular weight excluding hydrogens is 432 g/mol. The second kappa shape index (κ2) is 10.7. The largest absolute Gasteiger partial charge is 0.489 e. The highest BCUT2D eigenvalue weighted by molar-refractivity contribution is 6.07. The number of nitriles is 1. The van der Waals surface area contributed by atoms with Crippen molar-refractivity contribution in [2.45, 2.75) is 33.3 Å². The van der Waals surface area contributed by atoms with Gasteiger partial charge in [0.25, 0.3) is 5.91 Å². The van der Waals surface area contributed by atoms with Crippen molar-refractivity contribution in [2.24, 2.45) is 0 Å². The molecule has 4 heteroatoms. The van der Waals surface area contributed by atoms with Gasteiger partial charge >= 0.3 is 0 Å². The fourth-order valence-corrected chi connectivity index (χ4v) is 4.34. The fraction of sp³-hybridized carbons (Fsp3) is 0.161. The van der Waals surface area contributed by atoms with Crippen LogP contribution in [0.25, 0.3) is 0 Å². The van der Waals surface area contributed by atoms with Gasteiger partial charge in [-0.3, -0.25) is 4.79 Å². The minimum Gasteiger partial charge on any atom is -0.489 e. The highest BCUT2D eigenvalue weighted by Gasteiger charge is 2.24. The van der Waals surface area contributed by atoms with Gasteiger partial charge in [0.2, 0.25) is 0 Å². The van der Waals surface area contributed by atoms with Crippen LogP contribution in [0, 0.1) is 18.3 Å². The molecule has 0 aliphatic heterocycles. The Morgan fingerprint density at radius 1 is 1.00 bits per heavy atom. The topological polar surface area (TPSA) is 62.1 Å². The molecule has 0 saturated heterocycles. The zero-order valence-corrected chi connectivity index (χ0v) is 20.2. The first-order valence-electron chi connectivity index (χ1n) is 11.6. The number of allylic oxidation sites excluding steroid dienone is 5. The van der Waals surface area contributed by atoms with Gasteiger partial charge in [0.1, 0.15) is 24.0 Å². The smallest absolute Gasteiger partial charge is 0.266 e. The summed E-state index contributed by atoms with van der Waals surface area (Å²) in [4.78, 5) is 12.7. The molecule has 1 N–H and O–H groups in total. The zero-order chi connectivity index (χ0) is 24.8. The maximum absolute atomic E-state index is 12.7. The van der Waals surface area contributed by atoms with Gasteiger partial charge in [0.05, 0.1) is 0 Å². The monoisotopic (exact) mass is 460 g/mol. The van der Waals surface area contributed by atoms with E-state index >= 15 is 0 Å². The number of anilines is 1. The van der Waals surface area contributed by atoms with E-state index in [-0.39, 0.29) is 11.5 Å². The van der Waals surface area contributed by atoms with Gasteiger partial charge in [0, 0.05) is 11.6 Å². The van der Waals surface area contributed by atoms with E-state index in [1.807, 2.05) is 73.7 Å². The lowest BCUT2D eigenvalue weighted by Crippen LogP contribution is -2.13. The van der Waals surface area contributed by atoms with E-state index in [2.05, 4.69) is 43.4 Å². The number of benzene rings is 3. The van der Waals surface area contributed by atoms with Crippen molar-refractivity contribution in [3.8, 4) is 11.8 Å². The summed E-state index contributed by atoms with van der Waals surface area (Å²) in [6, 6.07) is 27.8. The first-order chi connectivity index (χ1) is 16.9. The third-order valence-corrected chi connectivity index (χ3v) is 6.13. The third-order valence-electron chi connectivity index (χ3n) is 6.13. The van der Waals surface area contributed by atoms with Gasteiger partial charge in [-0.25, -0.2) is 0 Å². The van der Waals surface area contributed by atoms with Gasteiger partial charge in [-0.15, -0.1) is 0 Å². The van der Waals surface area contributed by atoms with Crippen molar-refractivity contribution in [1.29, 1.82) is 5.26 Å². The molecule has 4 nitrogen and oxygen atoms in total. The molecule has 0 unspecified atom stereocenters. The zero-order valence-electron chi connectivity index (χ0n) is 20.2. The predicted octanol–water partition coefficient (Wildman–Crippen LogP) is 7.02. The number of carbonyl (C=O) groups is 1. The quantitative estimate of drug-likeness (QED) is 0.304. The molecule has 174 valence electrons. The molecule has 4 rings (SSSR count). The van der Waals surface area contributed by atoms with Gasteiger partial charge in [0.15, 0.2) is 0 Å². The van der Waals surface area contributed by atoms with Crippen LogP contribution in [-0.4, -0.2) is 5.91 Å². The number of nitrogens with one attached hydrogen (secondary N) is 1. The molecule has 0 heterocycles. The SMILES string of the molecule is CC1=CC(/C=C(/C#N)C(=O)Nc2cccc(C)c2)=C(C)[C@@H]1c1ccc(OCc2ccccc2)cc1. The minimum atomic E-state index is -0.409. The minimum absolute atomic E-state index is 0.0789. The molecule has 0 spiro atoms. The Bertz CT molecular complexity index is 1360. The third kappa shape index (κ3) is 5.77. The van der Waals surface area contributed by atoms with Crippen LogP contribution in [0.15, 0.2) is 113 Å². The number of carbonyl (C=O) groups excluding carboxylic acids is 1. The van der Waals surface area contributed by atoms with Crippen molar-refractivity contribution in [3.63, 3.8) is 0 Å². The Labute approximate surface area is 206 Å². The molecule has 0 bridgehead atoms. The summed E-state index contributed by atoms with van der Waals surface area (Å²) in [5.74, 6) is 0.510. The van der Waals surface area contributed by atoms with Crippen LogP contribution in [0.5, 0.6) is 5.75 Å². The van der Waals surface area contributed by atoms with Crippen molar-refractivity contribution in [2.75, 3.05) is 5.32 Å². The van der Waals surface area contributed by atoms with Crippen LogP contribution >= 0.6 is 0 Å². The fourth-order valence-electron chi connectivity index (χ4n) is 4.34. The number of ether oxygens (including phenoxy) is 1. The summed E-state index contributed by atoms with van der Waals surface area (Å²) in [5.41, 5.74) is 7.24. The maximum Gasteiger partial charge on any atom is 0.266 e. The van der Waals surface area contributed by atoms with Gasteiger partial charge in [-0.05, 0) is 73.4 Å². The van der Waals surface area contributed by atoms with Crippen molar-refractivity contribution < 1.29 is 9.53 Å². The van der Waals surface area contributed by atoms with Gasteiger partial charge in [-0.1, -0.05) is 71.8 Å². The van der Waals surface area contributed by atoms with E-state index in [1.165, 1.54) is 5.57 Å². The molecule has 1 atom stereocenters. The molecule has 1 amide bonds. The second-order valence-corrected chi connectivity index (χ2v) is 8.80. The van der Waals surface area contributed by atoms with E-state index in [0.29, 0.717) is 12.3 Å². The van der Waals surface area contributed by atoms with E-state index in [0.717, 1.165) is 33.6 Å². The summed E-state index contributed by atoms with van der Waals surface area (Å²) < 4.78 is 5.92. The molecule has 3 aromatic carbocycles. The standard InChI is InChI=1S/C31H28N2O2/c1-21-8-7-11-28(16-21)33-31(34)27(19-32)18-26-17-22(2)30(23(26)3)25-12-14-29(15-13-25)35-20-24-9-5-4-6-10-24/h4-18,30H,20H2,1-3H3,(H,33,34)/b27-18-/t30-/m1/s1. The molecular formula is C31H28N2O2. The van der Waals surface area contributed by atoms with E-state index < -0.39 is 5.91 Å². The van der Waals surface area contributed by atoms with Crippen molar-refractivity contribution >= 4 is 11.6 Å². The molecule has 0 aromatic heterocycles. The van der Waals surface area contributed by atoms with Crippen LogP contribution in [0.2, 0.25) is 0 Å². The average molecular weight is 461 g/mol. The molecule has 3 aromatic rings. The molecule has 35 heavy (non-hydrogen) atoms. The summed E-state index contributed by atoms with van der Waals surface area (Å²) in [5, 5.41) is 12.5. The molecule has 1 aliphatic carbocycles. The average Bonchev–Trinajstić information content (AvgIpc) is 3.14. The molecule has 0 saturated carbocycles. The van der Waals surface area contributed by atoms with Crippen LogP contribution in [-0.2, 0) is 11.4 Å². The Morgan fingerprint density at radius 2 is 1.74 bits per heavy atom. The molecule has 0 fully saturated rings. The van der Waals surface area contributed by atoms with Gasteiger partial charge in [-0.2, -0.15) is 5.26 Å². The van der Waals surface area contributed by atoms with Crippen LogP contribution in [0.4, 0.5) is 5.69 Å². The maximum atomic E-state index is 12.7.